The predicted octanol–water partition coefficient (Wildman–Crippen LogP) is 4.90. The minimum Gasteiger partial charge on any atom is -0.369 e. The van der Waals surface area contributed by atoms with Gasteiger partial charge in [0.15, 0.2) is 0 Å². The van der Waals surface area contributed by atoms with E-state index in [4.69, 9.17) is 11.6 Å². The number of piperazine rings is 1. The molecule has 0 atom stereocenters. The molecule has 0 aliphatic carbocycles. The SMILES string of the molecule is Clc1ccc(N2CCN(CC(Br)=Cc3ccccc3)CC2)cc1. The summed E-state index contributed by atoms with van der Waals surface area (Å²) in [7, 11) is 0. The van der Waals surface area contributed by atoms with Crippen molar-refractivity contribution in [3.05, 3.63) is 69.7 Å². The average Bonchev–Trinajstić information content (AvgIpc) is 2.57. The van der Waals surface area contributed by atoms with Crippen molar-refractivity contribution in [1.29, 1.82) is 0 Å². The summed E-state index contributed by atoms with van der Waals surface area (Å²) in [5.74, 6) is 0. The molecular formula is C19H20BrClN2. The fraction of sp³-hybridized carbons (Fsp3) is 0.263. The third-order valence-electron chi connectivity index (χ3n) is 4.06. The van der Waals surface area contributed by atoms with E-state index in [1.165, 1.54) is 15.7 Å². The second kappa shape index (κ2) is 8.00. The molecule has 23 heavy (non-hydrogen) atoms. The van der Waals surface area contributed by atoms with Crippen LogP contribution in [0.2, 0.25) is 5.02 Å². The van der Waals surface area contributed by atoms with Crippen LogP contribution in [0.15, 0.2) is 59.1 Å². The molecule has 4 heteroatoms. The molecule has 0 bridgehead atoms. The summed E-state index contributed by atoms with van der Waals surface area (Å²) in [6.07, 6.45) is 2.20. The smallest absolute Gasteiger partial charge is 0.0407 e. The Morgan fingerprint density at radius 3 is 2.26 bits per heavy atom. The van der Waals surface area contributed by atoms with Crippen LogP contribution in [0.25, 0.3) is 6.08 Å². The molecule has 1 saturated heterocycles. The largest absolute Gasteiger partial charge is 0.369 e. The molecule has 3 rings (SSSR count). The molecule has 2 aromatic rings. The molecule has 2 nitrogen and oxygen atoms in total. The molecule has 2 aromatic carbocycles. The molecule has 120 valence electrons. The lowest BCUT2D eigenvalue weighted by Crippen LogP contribution is -2.46. The van der Waals surface area contributed by atoms with E-state index in [-0.39, 0.29) is 0 Å². The summed E-state index contributed by atoms with van der Waals surface area (Å²) in [5.41, 5.74) is 2.49. The lowest BCUT2D eigenvalue weighted by Gasteiger charge is -2.36. The molecule has 0 N–H and O–H groups in total. The molecule has 0 amide bonds. The van der Waals surface area contributed by atoms with E-state index < -0.39 is 0 Å². The van der Waals surface area contributed by atoms with Crippen LogP contribution in [0, 0.1) is 0 Å². The molecule has 0 spiro atoms. The van der Waals surface area contributed by atoms with Crippen LogP contribution in [0.4, 0.5) is 5.69 Å². The maximum Gasteiger partial charge on any atom is 0.0407 e. The Hall–Kier alpha value is -1.29. The quantitative estimate of drug-likeness (QED) is 0.731. The van der Waals surface area contributed by atoms with Crippen LogP contribution < -0.4 is 4.90 Å². The van der Waals surface area contributed by atoms with Gasteiger partial charge in [-0.15, -0.1) is 0 Å². The highest BCUT2D eigenvalue weighted by molar-refractivity contribution is 9.11. The van der Waals surface area contributed by atoms with Gasteiger partial charge in [0.2, 0.25) is 0 Å². The molecule has 0 unspecified atom stereocenters. The van der Waals surface area contributed by atoms with E-state index >= 15 is 0 Å². The molecule has 0 radical (unpaired) electrons. The van der Waals surface area contributed by atoms with Crippen molar-refractivity contribution in [1.82, 2.24) is 4.90 Å². The minimum absolute atomic E-state index is 0.794. The second-order valence-corrected chi connectivity index (χ2v) is 7.20. The van der Waals surface area contributed by atoms with Crippen LogP contribution >= 0.6 is 27.5 Å². The minimum atomic E-state index is 0.794. The first-order valence-electron chi connectivity index (χ1n) is 7.85. The summed E-state index contributed by atoms with van der Waals surface area (Å²) in [4.78, 5) is 4.90. The summed E-state index contributed by atoms with van der Waals surface area (Å²) < 4.78 is 1.23. The van der Waals surface area contributed by atoms with E-state index in [9.17, 15) is 0 Å². The predicted molar refractivity (Wildman–Crippen MR) is 103 cm³/mol. The van der Waals surface area contributed by atoms with Gasteiger partial charge >= 0.3 is 0 Å². The Morgan fingerprint density at radius 2 is 1.61 bits per heavy atom. The second-order valence-electron chi connectivity index (χ2n) is 5.74. The molecule has 0 aromatic heterocycles. The zero-order chi connectivity index (χ0) is 16.1. The fourth-order valence-corrected chi connectivity index (χ4v) is 3.55. The Morgan fingerprint density at radius 1 is 0.957 bits per heavy atom. The van der Waals surface area contributed by atoms with Crippen molar-refractivity contribution in [2.24, 2.45) is 0 Å². The first-order valence-corrected chi connectivity index (χ1v) is 9.02. The monoisotopic (exact) mass is 390 g/mol. The molecule has 1 fully saturated rings. The highest BCUT2D eigenvalue weighted by atomic mass is 79.9. The van der Waals surface area contributed by atoms with Crippen LogP contribution in [0.1, 0.15) is 5.56 Å². The van der Waals surface area contributed by atoms with E-state index in [0.29, 0.717) is 0 Å². The standard InChI is InChI=1S/C19H20BrClN2/c20-17(14-16-4-2-1-3-5-16)15-22-10-12-23(13-11-22)19-8-6-18(21)7-9-19/h1-9,14H,10-13,15H2. The van der Waals surface area contributed by atoms with Crippen LogP contribution in [-0.2, 0) is 0 Å². The van der Waals surface area contributed by atoms with E-state index in [2.05, 4.69) is 68.2 Å². The highest BCUT2D eigenvalue weighted by Gasteiger charge is 2.17. The zero-order valence-corrected chi connectivity index (χ0v) is 15.3. The Kier molecular flexibility index (Phi) is 5.76. The van der Waals surface area contributed by atoms with Crippen molar-refractivity contribution in [3.63, 3.8) is 0 Å². The maximum absolute atomic E-state index is 5.96. The molecular weight excluding hydrogens is 372 g/mol. The van der Waals surface area contributed by atoms with Crippen LogP contribution in [0.5, 0.6) is 0 Å². The molecule has 1 heterocycles. The lowest BCUT2D eigenvalue weighted by atomic mass is 10.2. The van der Waals surface area contributed by atoms with Gasteiger partial charge in [-0.3, -0.25) is 4.90 Å². The van der Waals surface area contributed by atoms with E-state index in [1.807, 2.05) is 18.2 Å². The Bertz CT molecular complexity index is 647. The van der Waals surface area contributed by atoms with Gasteiger partial charge in [-0.05, 0) is 35.9 Å². The average molecular weight is 392 g/mol. The number of hydrogen-bond donors (Lipinski definition) is 0. The zero-order valence-electron chi connectivity index (χ0n) is 13.0. The number of nitrogens with zero attached hydrogens (tertiary/aromatic N) is 2. The third-order valence-corrected chi connectivity index (χ3v) is 4.79. The van der Waals surface area contributed by atoms with E-state index in [0.717, 1.165) is 37.7 Å². The Labute approximate surface area is 151 Å². The number of halogens is 2. The molecule has 1 aliphatic rings. The topological polar surface area (TPSA) is 6.48 Å². The van der Waals surface area contributed by atoms with Gasteiger partial charge in [-0.25, -0.2) is 0 Å². The number of hydrogen-bond acceptors (Lipinski definition) is 2. The number of benzene rings is 2. The van der Waals surface area contributed by atoms with Gasteiger partial charge in [0, 0.05) is 47.9 Å². The summed E-state index contributed by atoms with van der Waals surface area (Å²) in [6, 6.07) is 18.5. The van der Waals surface area contributed by atoms with Gasteiger partial charge in [0.1, 0.15) is 0 Å². The number of anilines is 1. The normalized spacial score (nSPS) is 16.6. The van der Waals surface area contributed by atoms with Gasteiger partial charge < -0.3 is 4.90 Å². The van der Waals surface area contributed by atoms with Crippen LogP contribution in [0.3, 0.4) is 0 Å². The van der Waals surface area contributed by atoms with Gasteiger partial charge in [-0.2, -0.15) is 0 Å². The molecule has 0 saturated carbocycles. The summed E-state index contributed by atoms with van der Waals surface area (Å²) in [5, 5.41) is 0.794. The highest BCUT2D eigenvalue weighted by Crippen LogP contribution is 2.20. The van der Waals surface area contributed by atoms with Gasteiger partial charge in [0.05, 0.1) is 0 Å². The summed E-state index contributed by atoms with van der Waals surface area (Å²) in [6.45, 7) is 5.20. The van der Waals surface area contributed by atoms with Gasteiger partial charge in [-0.1, -0.05) is 57.9 Å². The van der Waals surface area contributed by atoms with E-state index in [1.54, 1.807) is 0 Å². The van der Waals surface area contributed by atoms with Crippen LogP contribution in [-0.4, -0.2) is 37.6 Å². The van der Waals surface area contributed by atoms with Crippen molar-refractivity contribution < 1.29 is 0 Å². The lowest BCUT2D eigenvalue weighted by molar-refractivity contribution is 0.283. The first kappa shape index (κ1) is 16.6. The fourth-order valence-electron chi connectivity index (χ4n) is 2.81. The maximum atomic E-state index is 5.96. The van der Waals surface area contributed by atoms with Crippen molar-refractivity contribution in [3.8, 4) is 0 Å². The van der Waals surface area contributed by atoms with Gasteiger partial charge in [0.25, 0.3) is 0 Å². The van der Waals surface area contributed by atoms with Crippen molar-refractivity contribution in [2.75, 3.05) is 37.6 Å². The summed E-state index contributed by atoms with van der Waals surface area (Å²) >= 11 is 9.67. The third kappa shape index (κ3) is 4.84. The first-order chi connectivity index (χ1) is 11.2. The van der Waals surface area contributed by atoms with Crippen molar-refractivity contribution >= 4 is 39.3 Å². The Balaban J connectivity index is 1.53. The van der Waals surface area contributed by atoms with Crippen molar-refractivity contribution in [2.45, 2.75) is 0 Å². The molecule has 1 aliphatic heterocycles. The number of rotatable bonds is 4.